The first-order valence-corrected chi connectivity index (χ1v) is 5.45. The molecule has 1 aromatic carbocycles. The molecule has 0 aliphatic rings. The van der Waals surface area contributed by atoms with Gasteiger partial charge < -0.3 is 5.11 Å². The molecule has 0 saturated heterocycles. The van der Waals surface area contributed by atoms with Crippen LogP contribution in [-0.2, 0) is 6.18 Å². The Hall–Kier alpha value is -1.62. The van der Waals surface area contributed by atoms with E-state index in [-0.39, 0.29) is 5.52 Å². The van der Waals surface area contributed by atoms with Gasteiger partial charge in [0.05, 0.1) is 17.2 Å². The maximum atomic E-state index is 12.6. The van der Waals surface area contributed by atoms with Gasteiger partial charge in [0, 0.05) is 11.1 Å². The average Bonchev–Trinajstić information content (AvgIpc) is 2.25. The summed E-state index contributed by atoms with van der Waals surface area (Å²) in [4.78, 5) is 4.08. The molecule has 0 amide bonds. The highest BCUT2D eigenvalue weighted by Gasteiger charge is 2.30. The highest BCUT2D eigenvalue weighted by Crippen LogP contribution is 2.32. The number of rotatable bonds is 1. The molecule has 1 unspecified atom stereocenters. The lowest BCUT2D eigenvalue weighted by Gasteiger charge is -2.12. The molecule has 2 nitrogen and oxygen atoms in total. The monoisotopic (exact) mass is 255 g/mol. The largest absolute Gasteiger partial charge is 0.416 e. The van der Waals surface area contributed by atoms with E-state index in [1.165, 1.54) is 6.07 Å². The molecule has 0 fully saturated rings. The van der Waals surface area contributed by atoms with Gasteiger partial charge in [-0.05, 0) is 37.6 Å². The fourth-order valence-corrected chi connectivity index (χ4v) is 1.92. The fraction of sp³-hybridized carbons (Fsp3) is 0.308. The standard InChI is InChI=1S/C13H12F3NO/c1-7-5-11(8(2)18)10-4-3-9(13(14,15)16)6-12(10)17-7/h3-6,8,18H,1-2H3. The Bertz CT molecular complexity index is 591. The summed E-state index contributed by atoms with van der Waals surface area (Å²) in [6.07, 6.45) is -5.13. The van der Waals surface area contributed by atoms with Crippen molar-refractivity contribution in [1.29, 1.82) is 0 Å². The number of aliphatic hydroxyl groups is 1. The number of aliphatic hydroxyl groups excluding tert-OH is 1. The van der Waals surface area contributed by atoms with Gasteiger partial charge in [-0.3, -0.25) is 4.98 Å². The second-order valence-corrected chi connectivity index (χ2v) is 4.26. The molecule has 0 saturated carbocycles. The summed E-state index contributed by atoms with van der Waals surface area (Å²) >= 11 is 0. The van der Waals surface area contributed by atoms with Gasteiger partial charge >= 0.3 is 6.18 Å². The van der Waals surface area contributed by atoms with Gasteiger partial charge in [0.25, 0.3) is 0 Å². The topological polar surface area (TPSA) is 33.1 Å². The van der Waals surface area contributed by atoms with Crippen LogP contribution in [0, 0.1) is 6.92 Å². The Morgan fingerprint density at radius 2 is 1.89 bits per heavy atom. The van der Waals surface area contributed by atoms with Crippen molar-refractivity contribution in [2.24, 2.45) is 0 Å². The van der Waals surface area contributed by atoms with Crippen LogP contribution in [0.2, 0.25) is 0 Å². The Morgan fingerprint density at radius 3 is 2.44 bits per heavy atom. The fourth-order valence-electron chi connectivity index (χ4n) is 1.92. The van der Waals surface area contributed by atoms with Crippen LogP contribution >= 0.6 is 0 Å². The van der Waals surface area contributed by atoms with Crippen LogP contribution in [0.4, 0.5) is 13.2 Å². The third-order valence-corrected chi connectivity index (χ3v) is 2.75. The molecule has 0 spiro atoms. The molecule has 2 aromatic rings. The van der Waals surface area contributed by atoms with E-state index in [1.807, 2.05) is 0 Å². The van der Waals surface area contributed by atoms with Gasteiger partial charge in [0.15, 0.2) is 0 Å². The predicted molar refractivity (Wildman–Crippen MR) is 62.1 cm³/mol. The summed E-state index contributed by atoms with van der Waals surface area (Å²) in [5, 5.41) is 10.2. The van der Waals surface area contributed by atoms with Crippen LogP contribution in [0.15, 0.2) is 24.3 Å². The minimum Gasteiger partial charge on any atom is -0.389 e. The SMILES string of the molecule is Cc1cc(C(C)O)c2ccc(C(F)(F)F)cc2n1. The molecular formula is C13H12F3NO. The zero-order chi connectivity index (χ0) is 13.5. The number of aromatic nitrogens is 1. The second kappa shape index (κ2) is 4.24. The molecule has 96 valence electrons. The smallest absolute Gasteiger partial charge is 0.389 e. The molecule has 18 heavy (non-hydrogen) atoms. The first-order valence-electron chi connectivity index (χ1n) is 5.45. The number of fused-ring (bicyclic) bond motifs is 1. The Balaban J connectivity index is 2.72. The highest BCUT2D eigenvalue weighted by molar-refractivity contribution is 5.83. The summed E-state index contributed by atoms with van der Waals surface area (Å²) in [6, 6.07) is 5.05. The predicted octanol–water partition coefficient (Wildman–Crippen LogP) is 3.62. The van der Waals surface area contributed by atoms with Crippen molar-refractivity contribution < 1.29 is 18.3 Å². The zero-order valence-corrected chi connectivity index (χ0v) is 9.92. The van der Waals surface area contributed by atoms with Crippen LogP contribution in [0.5, 0.6) is 0 Å². The molecule has 0 radical (unpaired) electrons. The number of halogens is 3. The second-order valence-electron chi connectivity index (χ2n) is 4.26. The van der Waals surface area contributed by atoms with Crippen LogP contribution in [0.3, 0.4) is 0 Å². The zero-order valence-electron chi connectivity index (χ0n) is 9.92. The van der Waals surface area contributed by atoms with Gasteiger partial charge in [0.1, 0.15) is 0 Å². The number of alkyl halides is 3. The van der Waals surface area contributed by atoms with E-state index < -0.39 is 17.8 Å². The maximum absolute atomic E-state index is 12.6. The van der Waals surface area contributed by atoms with Crippen molar-refractivity contribution >= 4 is 10.9 Å². The number of benzene rings is 1. The molecule has 1 N–H and O–H groups in total. The molecule has 0 bridgehead atoms. The third-order valence-electron chi connectivity index (χ3n) is 2.75. The molecule has 1 aromatic heterocycles. The van der Waals surface area contributed by atoms with E-state index in [2.05, 4.69) is 4.98 Å². The van der Waals surface area contributed by atoms with Crippen molar-refractivity contribution in [2.45, 2.75) is 26.1 Å². The highest BCUT2D eigenvalue weighted by atomic mass is 19.4. The van der Waals surface area contributed by atoms with Crippen molar-refractivity contribution in [3.05, 3.63) is 41.1 Å². The summed E-state index contributed by atoms with van der Waals surface area (Å²) in [5.74, 6) is 0. The van der Waals surface area contributed by atoms with Gasteiger partial charge in [-0.15, -0.1) is 0 Å². The van der Waals surface area contributed by atoms with Gasteiger partial charge in [0.2, 0.25) is 0 Å². The lowest BCUT2D eigenvalue weighted by atomic mass is 10.0. The number of hydrogen-bond donors (Lipinski definition) is 1. The van der Waals surface area contributed by atoms with E-state index >= 15 is 0 Å². The summed E-state index contributed by atoms with van der Waals surface area (Å²) < 4.78 is 37.8. The number of aryl methyl sites for hydroxylation is 1. The number of hydrogen-bond acceptors (Lipinski definition) is 2. The third kappa shape index (κ3) is 2.31. The minimum absolute atomic E-state index is 0.251. The van der Waals surface area contributed by atoms with E-state index in [0.29, 0.717) is 16.6 Å². The van der Waals surface area contributed by atoms with Crippen LogP contribution < -0.4 is 0 Å². The van der Waals surface area contributed by atoms with Crippen molar-refractivity contribution in [2.75, 3.05) is 0 Å². The summed E-state index contributed by atoms with van der Waals surface area (Å²) in [7, 11) is 0. The quantitative estimate of drug-likeness (QED) is 0.844. The molecule has 0 aliphatic heterocycles. The summed E-state index contributed by atoms with van der Waals surface area (Å²) in [6.45, 7) is 3.26. The van der Waals surface area contributed by atoms with Crippen molar-refractivity contribution in [3.8, 4) is 0 Å². The van der Waals surface area contributed by atoms with Gasteiger partial charge in [-0.1, -0.05) is 6.07 Å². The summed E-state index contributed by atoms with van der Waals surface area (Å²) in [5.41, 5.74) is 0.689. The van der Waals surface area contributed by atoms with Crippen molar-refractivity contribution in [3.63, 3.8) is 0 Å². The number of pyridine rings is 1. The van der Waals surface area contributed by atoms with Crippen LogP contribution in [0.25, 0.3) is 10.9 Å². The number of nitrogens with zero attached hydrogens (tertiary/aromatic N) is 1. The average molecular weight is 255 g/mol. The molecule has 1 heterocycles. The van der Waals surface area contributed by atoms with Crippen LogP contribution in [-0.4, -0.2) is 10.1 Å². The minimum atomic E-state index is -4.38. The molecule has 2 rings (SSSR count). The molecule has 1 atom stereocenters. The van der Waals surface area contributed by atoms with Crippen molar-refractivity contribution in [1.82, 2.24) is 4.98 Å². The maximum Gasteiger partial charge on any atom is 0.416 e. The molecular weight excluding hydrogens is 243 g/mol. The Kier molecular flexibility index (Phi) is 3.02. The Labute approximate surface area is 102 Å². The first kappa shape index (κ1) is 12.8. The lowest BCUT2D eigenvalue weighted by molar-refractivity contribution is -0.137. The molecule has 0 aliphatic carbocycles. The van der Waals surface area contributed by atoms with E-state index in [9.17, 15) is 18.3 Å². The molecule has 5 heteroatoms. The van der Waals surface area contributed by atoms with E-state index in [0.717, 1.165) is 12.1 Å². The van der Waals surface area contributed by atoms with Crippen LogP contribution in [0.1, 0.15) is 29.8 Å². The lowest BCUT2D eigenvalue weighted by Crippen LogP contribution is -2.05. The normalized spacial score (nSPS) is 13.9. The Morgan fingerprint density at radius 1 is 1.22 bits per heavy atom. The van der Waals surface area contributed by atoms with E-state index in [4.69, 9.17) is 0 Å². The van der Waals surface area contributed by atoms with Gasteiger partial charge in [-0.2, -0.15) is 13.2 Å². The van der Waals surface area contributed by atoms with Gasteiger partial charge in [-0.25, -0.2) is 0 Å². The first-order chi connectivity index (χ1) is 8.29. The van der Waals surface area contributed by atoms with E-state index in [1.54, 1.807) is 19.9 Å².